The van der Waals surface area contributed by atoms with Gasteiger partial charge in [-0.2, -0.15) is 0 Å². The summed E-state index contributed by atoms with van der Waals surface area (Å²) in [4.78, 5) is 23.0. The molecule has 0 aromatic heterocycles. The van der Waals surface area contributed by atoms with Crippen LogP contribution in [-0.2, 0) is 9.59 Å². The Morgan fingerprint density at radius 3 is 2.26 bits per heavy atom. The predicted octanol–water partition coefficient (Wildman–Crippen LogP) is 3.96. The largest absolute Gasteiger partial charge is 0.487 e. The summed E-state index contributed by atoms with van der Waals surface area (Å²) in [5, 5.41) is 2.74. The fourth-order valence-electron chi connectivity index (χ4n) is 1.83. The molecule has 1 amide bonds. The van der Waals surface area contributed by atoms with Gasteiger partial charge in [-0.05, 0) is 45.7 Å². The molecule has 0 heterocycles. The fraction of sp³-hybridized carbons (Fsp3) is 0.556. The van der Waals surface area contributed by atoms with Gasteiger partial charge in [-0.1, -0.05) is 19.9 Å². The van der Waals surface area contributed by atoms with Crippen LogP contribution in [-0.4, -0.2) is 23.9 Å². The van der Waals surface area contributed by atoms with Crippen molar-refractivity contribution in [3.8, 4) is 11.5 Å². The van der Waals surface area contributed by atoms with Gasteiger partial charge in [0.15, 0.2) is 11.5 Å². The van der Waals surface area contributed by atoms with Crippen LogP contribution in [0.15, 0.2) is 18.2 Å². The van der Waals surface area contributed by atoms with Crippen LogP contribution in [0.25, 0.3) is 0 Å². The average Bonchev–Trinajstić information content (AvgIpc) is 2.49. The van der Waals surface area contributed by atoms with Crippen LogP contribution in [0.2, 0.25) is 0 Å². The number of carbonyl (C=O) groups is 2. The van der Waals surface area contributed by atoms with Gasteiger partial charge in [0.25, 0.3) is 0 Å². The lowest BCUT2D eigenvalue weighted by atomic mass is 10.2. The predicted molar refractivity (Wildman–Crippen MR) is 91.1 cm³/mol. The first-order chi connectivity index (χ1) is 10.9. The number of benzene rings is 1. The molecular formula is C18H27NO4. The number of Topliss-reactive ketones (excluding diaryl/α,β-unsaturated/α-hetero) is 1. The maximum absolute atomic E-state index is 11.9. The highest BCUT2D eigenvalue weighted by atomic mass is 16.5. The zero-order valence-corrected chi connectivity index (χ0v) is 14.6. The van der Waals surface area contributed by atoms with E-state index in [1.165, 1.54) is 6.92 Å². The Balaban J connectivity index is 3.08. The number of nitrogens with one attached hydrogen (secondary N) is 1. The molecular weight excluding hydrogens is 294 g/mol. The highest BCUT2D eigenvalue weighted by molar-refractivity contribution is 6.04. The maximum atomic E-state index is 11.9. The monoisotopic (exact) mass is 321 g/mol. The van der Waals surface area contributed by atoms with Crippen LogP contribution in [0.4, 0.5) is 5.69 Å². The first-order valence-corrected chi connectivity index (χ1v) is 8.12. The van der Waals surface area contributed by atoms with Gasteiger partial charge in [-0.15, -0.1) is 0 Å². The van der Waals surface area contributed by atoms with Crippen molar-refractivity contribution < 1.29 is 19.1 Å². The van der Waals surface area contributed by atoms with E-state index in [4.69, 9.17) is 9.47 Å². The Bertz CT molecular complexity index is 542. The molecule has 0 fully saturated rings. The highest BCUT2D eigenvalue weighted by Crippen LogP contribution is 2.37. The SMILES string of the molecule is CCC(C)Oc1cccc(NC(=O)CC(C)=O)c1OC(C)CC. The van der Waals surface area contributed by atoms with E-state index in [9.17, 15) is 9.59 Å². The lowest BCUT2D eigenvalue weighted by Crippen LogP contribution is -2.18. The second-order valence-corrected chi connectivity index (χ2v) is 5.73. The molecule has 128 valence electrons. The second kappa shape index (κ2) is 9.18. The number of carbonyl (C=O) groups excluding carboxylic acids is 2. The molecule has 2 unspecified atom stereocenters. The molecule has 0 bridgehead atoms. The molecule has 0 aliphatic rings. The summed E-state index contributed by atoms with van der Waals surface area (Å²) in [5.74, 6) is 0.574. The van der Waals surface area contributed by atoms with Gasteiger partial charge in [0.1, 0.15) is 5.78 Å². The number of hydrogen-bond acceptors (Lipinski definition) is 4. The molecule has 5 heteroatoms. The molecule has 1 N–H and O–H groups in total. The average molecular weight is 321 g/mol. The van der Waals surface area contributed by atoms with Crippen molar-refractivity contribution in [2.24, 2.45) is 0 Å². The van der Waals surface area contributed by atoms with Crippen molar-refractivity contribution in [3.05, 3.63) is 18.2 Å². The minimum Gasteiger partial charge on any atom is -0.487 e. The van der Waals surface area contributed by atoms with Crippen LogP contribution in [0.3, 0.4) is 0 Å². The molecule has 1 aromatic carbocycles. The molecule has 0 saturated carbocycles. The first-order valence-electron chi connectivity index (χ1n) is 8.12. The maximum Gasteiger partial charge on any atom is 0.231 e. The summed E-state index contributed by atoms with van der Waals surface area (Å²) in [6.45, 7) is 9.39. The van der Waals surface area contributed by atoms with Gasteiger partial charge >= 0.3 is 0 Å². The molecule has 23 heavy (non-hydrogen) atoms. The van der Waals surface area contributed by atoms with Gasteiger partial charge in [0.2, 0.25) is 5.91 Å². The van der Waals surface area contributed by atoms with E-state index in [0.717, 1.165) is 12.8 Å². The summed E-state index contributed by atoms with van der Waals surface area (Å²) in [6.07, 6.45) is 1.57. The van der Waals surface area contributed by atoms with E-state index in [2.05, 4.69) is 5.32 Å². The second-order valence-electron chi connectivity index (χ2n) is 5.73. The lowest BCUT2D eigenvalue weighted by Gasteiger charge is -2.22. The first kappa shape index (κ1) is 19.0. The summed E-state index contributed by atoms with van der Waals surface area (Å²) in [7, 11) is 0. The molecule has 0 aliphatic carbocycles. The van der Waals surface area contributed by atoms with Crippen molar-refractivity contribution in [1.82, 2.24) is 0 Å². The van der Waals surface area contributed by atoms with Gasteiger partial charge in [0, 0.05) is 0 Å². The zero-order chi connectivity index (χ0) is 17.4. The highest BCUT2D eigenvalue weighted by Gasteiger charge is 2.17. The topological polar surface area (TPSA) is 64.6 Å². The molecule has 0 spiro atoms. The number of anilines is 1. The van der Waals surface area contributed by atoms with Gasteiger partial charge in [0.05, 0.1) is 24.3 Å². The van der Waals surface area contributed by atoms with E-state index in [-0.39, 0.29) is 30.3 Å². The molecule has 0 aliphatic heterocycles. The third-order valence-electron chi connectivity index (χ3n) is 3.46. The summed E-state index contributed by atoms with van der Waals surface area (Å²) in [6, 6.07) is 5.37. The lowest BCUT2D eigenvalue weighted by molar-refractivity contribution is -0.124. The van der Waals surface area contributed by atoms with Crippen LogP contribution in [0.5, 0.6) is 11.5 Å². The number of hydrogen-bond donors (Lipinski definition) is 1. The normalized spacial score (nSPS) is 13.1. The molecule has 1 aromatic rings. The van der Waals surface area contributed by atoms with E-state index < -0.39 is 0 Å². The molecule has 1 rings (SSSR count). The minimum absolute atomic E-state index is 0.0138. The van der Waals surface area contributed by atoms with Crippen molar-refractivity contribution in [1.29, 1.82) is 0 Å². The zero-order valence-electron chi connectivity index (χ0n) is 14.6. The van der Waals surface area contributed by atoms with E-state index >= 15 is 0 Å². The quantitative estimate of drug-likeness (QED) is 0.699. The van der Waals surface area contributed by atoms with Gasteiger partial charge < -0.3 is 14.8 Å². The standard InChI is InChI=1S/C18H27NO4/c1-6-13(4)22-16-10-8-9-15(18(16)23-14(5)7-2)19-17(21)11-12(3)20/h8-10,13-14H,6-7,11H2,1-5H3,(H,19,21). The van der Waals surface area contributed by atoms with Crippen molar-refractivity contribution in [2.75, 3.05) is 5.32 Å². The third kappa shape index (κ3) is 6.30. The van der Waals surface area contributed by atoms with Gasteiger partial charge in [-0.25, -0.2) is 0 Å². The van der Waals surface area contributed by atoms with Crippen molar-refractivity contribution in [2.45, 2.75) is 66.1 Å². The van der Waals surface area contributed by atoms with E-state index in [0.29, 0.717) is 17.2 Å². The van der Waals surface area contributed by atoms with Crippen LogP contribution in [0, 0.1) is 0 Å². The fourth-order valence-corrected chi connectivity index (χ4v) is 1.83. The molecule has 5 nitrogen and oxygen atoms in total. The summed E-state index contributed by atoms with van der Waals surface area (Å²) < 4.78 is 11.9. The van der Waals surface area contributed by atoms with Crippen LogP contribution in [0.1, 0.15) is 53.9 Å². The van der Waals surface area contributed by atoms with E-state index in [1.807, 2.05) is 33.8 Å². The Morgan fingerprint density at radius 1 is 1.09 bits per heavy atom. The summed E-state index contributed by atoms with van der Waals surface area (Å²) in [5.41, 5.74) is 0.525. The number of ether oxygens (including phenoxy) is 2. The van der Waals surface area contributed by atoms with Crippen molar-refractivity contribution >= 4 is 17.4 Å². The number of rotatable bonds is 9. The van der Waals surface area contributed by atoms with Crippen LogP contribution < -0.4 is 14.8 Å². The van der Waals surface area contributed by atoms with Crippen molar-refractivity contribution in [3.63, 3.8) is 0 Å². The van der Waals surface area contributed by atoms with Crippen LogP contribution >= 0.6 is 0 Å². The third-order valence-corrected chi connectivity index (χ3v) is 3.46. The van der Waals surface area contributed by atoms with E-state index in [1.54, 1.807) is 12.1 Å². The Labute approximate surface area is 138 Å². The number of para-hydroxylation sites is 1. The molecule has 2 atom stereocenters. The Kier molecular flexibility index (Phi) is 7.59. The Hall–Kier alpha value is -2.04. The summed E-state index contributed by atoms with van der Waals surface area (Å²) >= 11 is 0. The number of ketones is 1. The number of amides is 1. The Morgan fingerprint density at radius 2 is 1.70 bits per heavy atom. The smallest absolute Gasteiger partial charge is 0.231 e. The minimum atomic E-state index is -0.354. The van der Waals surface area contributed by atoms with Gasteiger partial charge in [-0.3, -0.25) is 9.59 Å². The molecule has 0 saturated heterocycles. The molecule has 0 radical (unpaired) electrons.